The van der Waals surface area contributed by atoms with Gasteiger partial charge < -0.3 is 5.32 Å². The van der Waals surface area contributed by atoms with Gasteiger partial charge in [-0.2, -0.15) is 0 Å². The first-order valence-electron chi connectivity index (χ1n) is 5.78. The van der Waals surface area contributed by atoms with Gasteiger partial charge in [0.1, 0.15) is 0 Å². The minimum atomic E-state index is 0.690. The van der Waals surface area contributed by atoms with Gasteiger partial charge >= 0.3 is 0 Å². The molecule has 1 heterocycles. The number of nitrogens with zero attached hydrogens (tertiary/aromatic N) is 1. The van der Waals surface area contributed by atoms with Gasteiger partial charge in [0, 0.05) is 31.9 Å². The van der Waals surface area contributed by atoms with E-state index in [0.29, 0.717) is 6.04 Å². The summed E-state index contributed by atoms with van der Waals surface area (Å²) in [6.07, 6.45) is 1.23. The average Bonchev–Trinajstić information content (AvgIpc) is 2.70. The Kier molecular flexibility index (Phi) is 2.96. The number of rotatable bonds is 3. The molecule has 0 saturated carbocycles. The second-order valence-electron chi connectivity index (χ2n) is 4.40. The van der Waals surface area contributed by atoms with Crippen LogP contribution in [0, 0.1) is 0 Å². The Balaban J connectivity index is 2.16. The first kappa shape index (κ1) is 10.5. The van der Waals surface area contributed by atoms with Crippen LogP contribution in [0.5, 0.6) is 0 Å². The molecule has 82 valence electrons. The summed E-state index contributed by atoms with van der Waals surface area (Å²) in [4.78, 5) is 2.55. The fourth-order valence-corrected chi connectivity index (χ4v) is 2.15. The second-order valence-corrected chi connectivity index (χ2v) is 4.40. The van der Waals surface area contributed by atoms with E-state index in [1.807, 2.05) is 7.05 Å². The van der Waals surface area contributed by atoms with Gasteiger partial charge in [-0.05, 0) is 36.6 Å². The summed E-state index contributed by atoms with van der Waals surface area (Å²) in [5.74, 6) is 0. The van der Waals surface area contributed by atoms with Crippen molar-refractivity contribution in [2.75, 3.05) is 12.4 Å². The quantitative estimate of drug-likeness (QED) is 0.814. The Bertz CT molecular complexity index is 346. The van der Waals surface area contributed by atoms with Gasteiger partial charge in [0.25, 0.3) is 0 Å². The minimum Gasteiger partial charge on any atom is -0.388 e. The van der Waals surface area contributed by atoms with Gasteiger partial charge in [0.15, 0.2) is 0 Å². The fourth-order valence-electron chi connectivity index (χ4n) is 2.15. The van der Waals surface area contributed by atoms with Gasteiger partial charge in [-0.3, -0.25) is 4.90 Å². The smallest absolute Gasteiger partial charge is 0.0341 e. The van der Waals surface area contributed by atoms with Crippen LogP contribution in [0.15, 0.2) is 18.2 Å². The van der Waals surface area contributed by atoms with E-state index in [4.69, 9.17) is 0 Å². The van der Waals surface area contributed by atoms with E-state index < -0.39 is 0 Å². The molecule has 0 spiro atoms. The zero-order valence-corrected chi connectivity index (χ0v) is 9.88. The molecule has 15 heavy (non-hydrogen) atoms. The Labute approximate surface area is 92.3 Å². The van der Waals surface area contributed by atoms with Gasteiger partial charge in [-0.25, -0.2) is 0 Å². The van der Waals surface area contributed by atoms with Crippen LogP contribution in [0.2, 0.25) is 0 Å². The van der Waals surface area contributed by atoms with Crippen LogP contribution >= 0.6 is 0 Å². The Morgan fingerprint density at radius 2 is 2.07 bits per heavy atom. The number of nitrogens with one attached hydrogen (secondary N) is 1. The molecular weight excluding hydrogens is 184 g/mol. The molecule has 2 heteroatoms. The van der Waals surface area contributed by atoms with E-state index in [0.717, 1.165) is 13.1 Å². The maximum Gasteiger partial charge on any atom is 0.0341 e. The lowest BCUT2D eigenvalue weighted by Crippen LogP contribution is -2.26. The summed E-state index contributed by atoms with van der Waals surface area (Å²) in [6.45, 7) is 6.80. The molecule has 1 aromatic carbocycles. The normalized spacial score (nSPS) is 17.5. The highest BCUT2D eigenvalue weighted by molar-refractivity contribution is 5.49. The third-order valence-corrected chi connectivity index (χ3v) is 3.46. The number of anilines is 1. The molecule has 0 radical (unpaired) electrons. The van der Waals surface area contributed by atoms with Gasteiger partial charge in [0.05, 0.1) is 0 Å². The SMILES string of the molecule is CCC(C)N1Cc2ccc(NC)cc2C1. The van der Waals surface area contributed by atoms with Crippen molar-refractivity contribution in [3.05, 3.63) is 29.3 Å². The summed E-state index contributed by atoms with van der Waals surface area (Å²) in [7, 11) is 1.98. The molecule has 1 N–H and O–H groups in total. The summed E-state index contributed by atoms with van der Waals surface area (Å²) in [5.41, 5.74) is 4.20. The number of benzene rings is 1. The summed E-state index contributed by atoms with van der Waals surface area (Å²) >= 11 is 0. The lowest BCUT2D eigenvalue weighted by Gasteiger charge is -2.21. The molecule has 1 atom stereocenters. The fraction of sp³-hybridized carbons (Fsp3) is 0.538. The van der Waals surface area contributed by atoms with E-state index in [1.54, 1.807) is 0 Å². The molecular formula is C13H20N2. The maximum atomic E-state index is 3.20. The summed E-state index contributed by atoms with van der Waals surface area (Å²) in [6, 6.07) is 7.38. The standard InChI is InChI=1S/C13H20N2/c1-4-10(2)15-8-11-5-6-13(14-3)7-12(11)9-15/h5-7,10,14H,4,8-9H2,1-3H3. The van der Waals surface area contributed by atoms with E-state index in [1.165, 1.54) is 23.2 Å². The highest BCUT2D eigenvalue weighted by Crippen LogP contribution is 2.27. The van der Waals surface area contributed by atoms with Crippen molar-refractivity contribution in [2.45, 2.75) is 39.4 Å². The number of hydrogen-bond donors (Lipinski definition) is 1. The van der Waals surface area contributed by atoms with E-state index in [-0.39, 0.29) is 0 Å². The molecule has 1 unspecified atom stereocenters. The lowest BCUT2D eigenvalue weighted by atomic mass is 10.1. The van der Waals surface area contributed by atoms with Crippen LogP contribution in [0.1, 0.15) is 31.4 Å². The Morgan fingerprint density at radius 3 is 2.73 bits per heavy atom. The van der Waals surface area contributed by atoms with Crippen LogP contribution in [-0.2, 0) is 13.1 Å². The molecule has 1 aliphatic rings. The van der Waals surface area contributed by atoms with E-state index in [9.17, 15) is 0 Å². The highest BCUT2D eigenvalue weighted by atomic mass is 15.2. The van der Waals surface area contributed by atoms with Crippen molar-refractivity contribution in [2.24, 2.45) is 0 Å². The maximum absolute atomic E-state index is 3.20. The van der Waals surface area contributed by atoms with Crippen molar-refractivity contribution in [3.8, 4) is 0 Å². The van der Waals surface area contributed by atoms with Crippen molar-refractivity contribution >= 4 is 5.69 Å². The van der Waals surface area contributed by atoms with Crippen LogP contribution in [-0.4, -0.2) is 18.0 Å². The van der Waals surface area contributed by atoms with Gasteiger partial charge in [-0.1, -0.05) is 13.0 Å². The zero-order chi connectivity index (χ0) is 10.8. The minimum absolute atomic E-state index is 0.690. The summed E-state index contributed by atoms with van der Waals surface area (Å²) in [5, 5.41) is 3.20. The predicted molar refractivity (Wildman–Crippen MR) is 65.0 cm³/mol. The monoisotopic (exact) mass is 204 g/mol. The number of hydrogen-bond acceptors (Lipinski definition) is 2. The molecule has 0 bridgehead atoms. The first-order valence-corrected chi connectivity index (χ1v) is 5.78. The van der Waals surface area contributed by atoms with E-state index in [2.05, 4.69) is 42.3 Å². The van der Waals surface area contributed by atoms with Gasteiger partial charge in [-0.15, -0.1) is 0 Å². The van der Waals surface area contributed by atoms with Crippen LogP contribution in [0.3, 0.4) is 0 Å². The zero-order valence-electron chi connectivity index (χ0n) is 9.88. The molecule has 0 fully saturated rings. The van der Waals surface area contributed by atoms with Crippen molar-refractivity contribution in [1.29, 1.82) is 0 Å². The van der Waals surface area contributed by atoms with Gasteiger partial charge in [0.2, 0.25) is 0 Å². The molecule has 1 aromatic rings. The topological polar surface area (TPSA) is 15.3 Å². The van der Waals surface area contributed by atoms with E-state index >= 15 is 0 Å². The molecule has 0 amide bonds. The largest absolute Gasteiger partial charge is 0.388 e. The summed E-state index contributed by atoms with van der Waals surface area (Å²) < 4.78 is 0. The van der Waals surface area contributed by atoms with Crippen LogP contribution in [0.4, 0.5) is 5.69 Å². The third kappa shape index (κ3) is 2.00. The molecule has 2 rings (SSSR count). The highest BCUT2D eigenvalue weighted by Gasteiger charge is 2.21. The molecule has 0 aromatic heterocycles. The van der Waals surface area contributed by atoms with Crippen LogP contribution in [0.25, 0.3) is 0 Å². The Morgan fingerprint density at radius 1 is 1.33 bits per heavy atom. The molecule has 2 nitrogen and oxygen atoms in total. The van der Waals surface area contributed by atoms with Crippen molar-refractivity contribution in [1.82, 2.24) is 4.90 Å². The second kappa shape index (κ2) is 4.23. The number of fused-ring (bicyclic) bond motifs is 1. The molecule has 0 aliphatic carbocycles. The van der Waals surface area contributed by atoms with Crippen molar-refractivity contribution in [3.63, 3.8) is 0 Å². The van der Waals surface area contributed by atoms with Crippen molar-refractivity contribution < 1.29 is 0 Å². The third-order valence-electron chi connectivity index (χ3n) is 3.46. The molecule has 0 saturated heterocycles. The molecule has 1 aliphatic heterocycles. The average molecular weight is 204 g/mol. The first-order chi connectivity index (χ1) is 7.24. The van der Waals surface area contributed by atoms with Crippen LogP contribution < -0.4 is 5.32 Å². The predicted octanol–water partition coefficient (Wildman–Crippen LogP) is 2.84. The lowest BCUT2D eigenvalue weighted by molar-refractivity contribution is 0.208. The Hall–Kier alpha value is -1.02.